The van der Waals surface area contributed by atoms with E-state index in [1.54, 1.807) is 30.3 Å². The fourth-order valence-electron chi connectivity index (χ4n) is 1.68. The molecule has 2 aromatic carbocycles. The Labute approximate surface area is 123 Å². The molecule has 2 N–H and O–H groups in total. The Balaban J connectivity index is 2.48. The minimum atomic E-state index is -0.602. The third-order valence-electron chi connectivity index (χ3n) is 2.61. The average molecular weight is 349 g/mol. The Bertz CT molecular complexity index is 569. The van der Waals surface area contributed by atoms with Crippen molar-refractivity contribution in [2.45, 2.75) is 6.04 Å². The van der Waals surface area contributed by atoms with Crippen molar-refractivity contribution in [3.05, 3.63) is 67.9 Å². The maximum Gasteiger partial charge on any atom is 0.129 e. The molecule has 18 heavy (non-hydrogen) atoms. The monoisotopic (exact) mass is 347 g/mol. The maximum atomic E-state index is 13.8. The molecule has 0 saturated heterocycles. The van der Waals surface area contributed by atoms with Crippen LogP contribution in [0.4, 0.5) is 4.39 Å². The molecule has 0 aliphatic rings. The number of halogens is 4. The highest BCUT2D eigenvalue weighted by Crippen LogP contribution is 2.32. The van der Waals surface area contributed by atoms with Crippen LogP contribution in [0.25, 0.3) is 0 Å². The first-order chi connectivity index (χ1) is 8.50. The lowest BCUT2D eigenvalue weighted by Gasteiger charge is -2.15. The molecule has 94 valence electrons. The van der Waals surface area contributed by atoms with Gasteiger partial charge in [-0.3, -0.25) is 0 Å². The molecule has 5 heteroatoms. The van der Waals surface area contributed by atoms with E-state index in [9.17, 15) is 4.39 Å². The molecule has 0 spiro atoms. The van der Waals surface area contributed by atoms with Gasteiger partial charge in [-0.15, -0.1) is 0 Å². The topological polar surface area (TPSA) is 26.0 Å². The van der Waals surface area contributed by atoms with Crippen LogP contribution in [0.2, 0.25) is 10.0 Å². The second-order valence-corrected chi connectivity index (χ2v) is 5.46. The van der Waals surface area contributed by atoms with Crippen molar-refractivity contribution >= 4 is 39.1 Å². The number of nitrogens with two attached hydrogens (primary N) is 1. The van der Waals surface area contributed by atoms with Crippen molar-refractivity contribution in [1.82, 2.24) is 0 Å². The van der Waals surface area contributed by atoms with E-state index in [1.807, 2.05) is 0 Å². The van der Waals surface area contributed by atoms with Crippen LogP contribution in [0.15, 0.2) is 40.9 Å². The zero-order valence-corrected chi connectivity index (χ0v) is 12.2. The molecule has 0 aromatic heterocycles. The lowest BCUT2D eigenvalue weighted by atomic mass is 9.99. The molecule has 2 aromatic rings. The van der Waals surface area contributed by atoms with Gasteiger partial charge < -0.3 is 5.73 Å². The molecule has 0 radical (unpaired) electrons. The van der Waals surface area contributed by atoms with Crippen LogP contribution in [-0.2, 0) is 0 Å². The Morgan fingerprint density at radius 3 is 2.44 bits per heavy atom. The first kappa shape index (κ1) is 13.8. The van der Waals surface area contributed by atoms with Crippen LogP contribution in [0.1, 0.15) is 17.2 Å². The molecule has 0 aliphatic carbocycles. The van der Waals surface area contributed by atoms with Crippen molar-refractivity contribution in [3.8, 4) is 0 Å². The van der Waals surface area contributed by atoms with E-state index in [4.69, 9.17) is 28.9 Å². The lowest BCUT2D eigenvalue weighted by Crippen LogP contribution is -2.14. The number of benzene rings is 2. The van der Waals surface area contributed by atoms with Crippen molar-refractivity contribution in [2.75, 3.05) is 0 Å². The third kappa shape index (κ3) is 2.69. The average Bonchev–Trinajstić information content (AvgIpc) is 2.32. The van der Waals surface area contributed by atoms with Gasteiger partial charge in [0.25, 0.3) is 0 Å². The molecule has 1 nitrogen and oxygen atoms in total. The molecule has 1 unspecified atom stereocenters. The van der Waals surface area contributed by atoms with E-state index in [1.165, 1.54) is 6.07 Å². The van der Waals surface area contributed by atoms with Crippen molar-refractivity contribution in [1.29, 1.82) is 0 Å². The summed E-state index contributed by atoms with van der Waals surface area (Å²) in [5.41, 5.74) is 7.17. The summed E-state index contributed by atoms with van der Waals surface area (Å²) in [6.45, 7) is 0. The smallest absolute Gasteiger partial charge is 0.129 e. The molecule has 0 saturated carbocycles. The highest BCUT2D eigenvalue weighted by atomic mass is 79.9. The predicted octanol–water partition coefficient (Wildman–Crippen LogP) is 4.94. The molecular formula is C13H9BrCl2FN. The van der Waals surface area contributed by atoms with Crippen molar-refractivity contribution in [2.24, 2.45) is 5.73 Å². The standard InChI is InChI=1S/C13H9BrCl2FN/c14-8-2-1-3-11(17)12(8)13(18)7-4-5-9(15)10(16)6-7/h1-6,13H,18H2. The summed E-state index contributed by atoms with van der Waals surface area (Å²) in [7, 11) is 0. The lowest BCUT2D eigenvalue weighted by molar-refractivity contribution is 0.598. The Kier molecular flexibility index (Phi) is 4.28. The summed E-state index contributed by atoms with van der Waals surface area (Å²) in [6, 6.07) is 9.16. The highest BCUT2D eigenvalue weighted by Gasteiger charge is 2.17. The molecule has 0 bridgehead atoms. The van der Waals surface area contributed by atoms with Crippen LogP contribution >= 0.6 is 39.1 Å². The van der Waals surface area contributed by atoms with Gasteiger partial charge in [0.2, 0.25) is 0 Å². The largest absolute Gasteiger partial charge is 0.320 e. The van der Waals surface area contributed by atoms with Gasteiger partial charge in [-0.2, -0.15) is 0 Å². The molecule has 0 heterocycles. The molecule has 0 aliphatic heterocycles. The van der Waals surface area contributed by atoms with Gasteiger partial charge >= 0.3 is 0 Å². The molecule has 2 rings (SSSR count). The van der Waals surface area contributed by atoms with Crippen LogP contribution < -0.4 is 5.73 Å². The fraction of sp³-hybridized carbons (Fsp3) is 0.0769. The van der Waals surface area contributed by atoms with Crippen LogP contribution in [0.5, 0.6) is 0 Å². The summed E-state index contributed by atoms with van der Waals surface area (Å²) in [5.74, 6) is -0.358. The quantitative estimate of drug-likeness (QED) is 0.816. The first-order valence-electron chi connectivity index (χ1n) is 5.15. The molecular weight excluding hydrogens is 340 g/mol. The van der Waals surface area contributed by atoms with Crippen molar-refractivity contribution in [3.63, 3.8) is 0 Å². The van der Waals surface area contributed by atoms with E-state index in [-0.39, 0.29) is 5.82 Å². The molecule has 0 amide bonds. The first-order valence-corrected chi connectivity index (χ1v) is 6.70. The van der Waals surface area contributed by atoms with Gasteiger partial charge in [0.05, 0.1) is 16.1 Å². The third-order valence-corrected chi connectivity index (χ3v) is 4.04. The van der Waals surface area contributed by atoms with E-state index in [0.29, 0.717) is 25.6 Å². The highest BCUT2D eigenvalue weighted by molar-refractivity contribution is 9.10. The number of rotatable bonds is 2. The summed E-state index contributed by atoms with van der Waals surface area (Å²) < 4.78 is 14.4. The van der Waals surface area contributed by atoms with Gasteiger partial charge in [-0.25, -0.2) is 4.39 Å². The minimum absolute atomic E-state index is 0.358. The summed E-state index contributed by atoms with van der Waals surface area (Å²) in [5, 5.41) is 0.845. The zero-order valence-electron chi connectivity index (χ0n) is 9.13. The van der Waals surface area contributed by atoms with Gasteiger partial charge in [0, 0.05) is 10.0 Å². The number of hydrogen-bond acceptors (Lipinski definition) is 1. The minimum Gasteiger partial charge on any atom is -0.320 e. The summed E-state index contributed by atoms with van der Waals surface area (Å²) in [6.07, 6.45) is 0. The second kappa shape index (κ2) is 5.57. The Hall–Kier alpha value is -0.610. The summed E-state index contributed by atoms with van der Waals surface area (Å²) >= 11 is 15.1. The predicted molar refractivity (Wildman–Crippen MR) is 76.6 cm³/mol. The summed E-state index contributed by atoms with van der Waals surface area (Å²) in [4.78, 5) is 0. The molecule has 1 atom stereocenters. The van der Waals surface area contributed by atoms with E-state index < -0.39 is 6.04 Å². The fourth-order valence-corrected chi connectivity index (χ4v) is 2.58. The normalized spacial score (nSPS) is 12.5. The van der Waals surface area contributed by atoms with Gasteiger partial charge in [0.1, 0.15) is 5.82 Å². The second-order valence-electron chi connectivity index (χ2n) is 3.79. The number of hydrogen-bond donors (Lipinski definition) is 1. The van der Waals surface area contributed by atoms with Gasteiger partial charge in [-0.05, 0) is 29.8 Å². The van der Waals surface area contributed by atoms with E-state index in [2.05, 4.69) is 15.9 Å². The van der Waals surface area contributed by atoms with Gasteiger partial charge in [0.15, 0.2) is 0 Å². The molecule has 0 fully saturated rings. The van der Waals surface area contributed by atoms with E-state index in [0.717, 1.165) is 0 Å². The maximum absolute atomic E-state index is 13.8. The van der Waals surface area contributed by atoms with Crippen molar-refractivity contribution < 1.29 is 4.39 Å². The van der Waals surface area contributed by atoms with Crippen LogP contribution in [0, 0.1) is 5.82 Å². The van der Waals surface area contributed by atoms with Crippen LogP contribution in [-0.4, -0.2) is 0 Å². The van der Waals surface area contributed by atoms with Gasteiger partial charge in [-0.1, -0.05) is 51.3 Å². The zero-order chi connectivity index (χ0) is 13.3. The van der Waals surface area contributed by atoms with E-state index >= 15 is 0 Å². The Morgan fingerprint density at radius 1 is 1.11 bits per heavy atom. The van der Waals surface area contributed by atoms with Crippen LogP contribution in [0.3, 0.4) is 0 Å². The Morgan fingerprint density at radius 2 is 1.83 bits per heavy atom. The SMILES string of the molecule is NC(c1ccc(Cl)c(Cl)c1)c1c(F)cccc1Br.